The van der Waals surface area contributed by atoms with Gasteiger partial charge in [0.1, 0.15) is 5.92 Å². The molecule has 25 heavy (non-hydrogen) atoms. The molecule has 3 rings (SSSR count). The quantitative estimate of drug-likeness (QED) is 0.781. The summed E-state index contributed by atoms with van der Waals surface area (Å²) in [6.07, 6.45) is 3.69. The Hall–Kier alpha value is -2.90. The van der Waals surface area contributed by atoms with Crippen molar-refractivity contribution in [2.75, 3.05) is 0 Å². The summed E-state index contributed by atoms with van der Waals surface area (Å²) < 4.78 is 0. The Morgan fingerprint density at radius 2 is 1.68 bits per heavy atom. The molecule has 2 aliphatic rings. The van der Waals surface area contributed by atoms with Crippen LogP contribution in [0.4, 0.5) is 0 Å². The van der Waals surface area contributed by atoms with Crippen LogP contribution in [0.25, 0.3) is 0 Å². The maximum Gasteiger partial charge on any atom is 0.189 e. The number of hydrogen-bond acceptors (Lipinski definition) is 4. The fourth-order valence-corrected chi connectivity index (χ4v) is 4.83. The second-order valence-corrected chi connectivity index (χ2v) is 7.19. The number of hydrogen-bond donors (Lipinski definition) is 1. The van der Waals surface area contributed by atoms with Crippen molar-refractivity contribution in [3.8, 4) is 18.2 Å². The summed E-state index contributed by atoms with van der Waals surface area (Å²) in [5.74, 6) is -1.18. The van der Waals surface area contributed by atoms with Gasteiger partial charge in [-0.25, -0.2) is 0 Å². The second-order valence-electron chi connectivity index (χ2n) is 7.19. The molecule has 1 fully saturated rings. The zero-order chi connectivity index (χ0) is 18.4. The van der Waals surface area contributed by atoms with E-state index >= 15 is 0 Å². The molecule has 124 valence electrons. The molecule has 0 radical (unpaired) electrons. The molecule has 1 aromatic rings. The number of benzene rings is 1. The van der Waals surface area contributed by atoms with Gasteiger partial charge in [0.15, 0.2) is 5.41 Å². The largest absolute Gasteiger partial charge is 0.305 e. The van der Waals surface area contributed by atoms with Gasteiger partial charge in [-0.1, -0.05) is 23.8 Å². The lowest BCUT2D eigenvalue weighted by Gasteiger charge is -2.43. The molecule has 2 aliphatic carbocycles. The predicted molar refractivity (Wildman–Crippen MR) is 94.7 cm³/mol. The fourth-order valence-electron chi connectivity index (χ4n) is 4.83. The van der Waals surface area contributed by atoms with Crippen LogP contribution in [0.2, 0.25) is 0 Å². The van der Waals surface area contributed by atoms with Gasteiger partial charge in [-0.15, -0.1) is 0 Å². The summed E-state index contributed by atoms with van der Waals surface area (Å²) >= 11 is 0. The number of nitrogens with one attached hydrogen (secondary N) is 1. The Morgan fingerprint density at radius 1 is 1.08 bits per heavy atom. The van der Waals surface area contributed by atoms with E-state index in [0.717, 1.165) is 40.7 Å². The van der Waals surface area contributed by atoms with Gasteiger partial charge in [0.25, 0.3) is 0 Å². The van der Waals surface area contributed by atoms with E-state index < -0.39 is 17.3 Å². The lowest BCUT2D eigenvalue weighted by molar-refractivity contribution is 0.352. The maximum absolute atomic E-state index is 9.97. The third-order valence-electron chi connectivity index (χ3n) is 5.73. The average molecular weight is 328 g/mol. The number of aryl methyl sites for hydroxylation is 3. The van der Waals surface area contributed by atoms with Crippen LogP contribution in [-0.2, 0) is 0 Å². The van der Waals surface area contributed by atoms with E-state index in [4.69, 9.17) is 5.41 Å². The Kier molecular flexibility index (Phi) is 3.98. The summed E-state index contributed by atoms with van der Waals surface area (Å²) in [5, 5.41) is 38.1. The van der Waals surface area contributed by atoms with Gasteiger partial charge in [0.05, 0.1) is 23.9 Å². The maximum atomic E-state index is 9.97. The van der Waals surface area contributed by atoms with Gasteiger partial charge in [-0.3, -0.25) is 0 Å². The minimum Gasteiger partial charge on any atom is -0.305 e. The summed E-state index contributed by atoms with van der Waals surface area (Å²) in [7, 11) is 0. The van der Waals surface area contributed by atoms with Crippen molar-refractivity contribution in [2.24, 2.45) is 17.3 Å². The topological polar surface area (TPSA) is 95.2 Å². The van der Waals surface area contributed by atoms with E-state index in [9.17, 15) is 15.8 Å². The molecule has 0 saturated heterocycles. The van der Waals surface area contributed by atoms with E-state index in [-0.39, 0.29) is 11.6 Å². The Labute approximate surface area is 148 Å². The van der Waals surface area contributed by atoms with Crippen LogP contribution in [0.3, 0.4) is 0 Å². The predicted octanol–water partition coefficient (Wildman–Crippen LogP) is 4.24. The Bertz CT molecular complexity index is 880. The van der Waals surface area contributed by atoms with Crippen molar-refractivity contribution in [2.45, 2.75) is 39.5 Å². The molecule has 1 saturated carbocycles. The smallest absolute Gasteiger partial charge is 0.189 e. The molecule has 0 heterocycles. The molecule has 4 heteroatoms. The first-order valence-corrected chi connectivity index (χ1v) is 8.50. The van der Waals surface area contributed by atoms with Gasteiger partial charge in [0.2, 0.25) is 0 Å². The lowest BCUT2D eigenvalue weighted by Crippen LogP contribution is -2.47. The molecular weight excluding hydrogens is 308 g/mol. The SMILES string of the molecule is Cc1cc(C)c([C@H]2[C@H]3CCC=C3[C@H](C#N)C(=N)C2(C#N)C#N)c(C)c1. The highest BCUT2D eigenvalue weighted by atomic mass is 14.7. The third-order valence-corrected chi connectivity index (χ3v) is 5.73. The molecule has 0 spiro atoms. The number of nitrogens with zero attached hydrogens (tertiary/aromatic N) is 3. The number of allylic oxidation sites excluding steroid dienone is 2. The highest BCUT2D eigenvalue weighted by Crippen LogP contribution is 2.56. The van der Waals surface area contributed by atoms with Crippen LogP contribution in [-0.4, -0.2) is 5.71 Å². The standard InChI is InChI=1S/C21H20N4/c1-12-7-13(2)18(14(3)8-12)19-16-6-4-5-15(16)17(9-22)20(25)21(19,10-23)11-24/h5,7-8,16-17,19,25H,4,6H2,1-3H3/t16-,17-,19+/m0/s1. The van der Waals surface area contributed by atoms with Crippen LogP contribution < -0.4 is 0 Å². The molecular formula is C21H20N4. The van der Waals surface area contributed by atoms with Crippen LogP contribution in [0.5, 0.6) is 0 Å². The summed E-state index contributed by atoms with van der Waals surface area (Å²) in [6.45, 7) is 6.04. The van der Waals surface area contributed by atoms with Crippen molar-refractivity contribution in [1.82, 2.24) is 0 Å². The minimum atomic E-state index is -1.59. The van der Waals surface area contributed by atoms with Crippen LogP contribution in [0.1, 0.15) is 41.0 Å². The van der Waals surface area contributed by atoms with Crippen molar-refractivity contribution in [1.29, 1.82) is 21.2 Å². The van der Waals surface area contributed by atoms with E-state index in [1.165, 1.54) is 0 Å². The average Bonchev–Trinajstić information content (AvgIpc) is 3.03. The summed E-state index contributed by atoms with van der Waals surface area (Å²) in [4.78, 5) is 0. The Balaban J connectivity index is 2.33. The van der Waals surface area contributed by atoms with Crippen molar-refractivity contribution in [3.05, 3.63) is 46.0 Å². The van der Waals surface area contributed by atoms with Gasteiger partial charge < -0.3 is 5.41 Å². The zero-order valence-electron chi connectivity index (χ0n) is 14.7. The first-order chi connectivity index (χ1) is 11.9. The highest BCUT2D eigenvalue weighted by Gasteiger charge is 2.58. The van der Waals surface area contributed by atoms with Gasteiger partial charge >= 0.3 is 0 Å². The Morgan fingerprint density at radius 3 is 2.20 bits per heavy atom. The first kappa shape index (κ1) is 16.9. The van der Waals surface area contributed by atoms with E-state index in [2.05, 4.69) is 30.3 Å². The third kappa shape index (κ3) is 2.20. The first-order valence-electron chi connectivity index (χ1n) is 8.50. The van der Waals surface area contributed by atoms with E-state index in [1.54, 1.807) is 0 Å². The van der Waals surface area contributed by atoms with Crippen molar-refractivity contribution >= 4 is 5.71 Å². The summed E-state index contributed by atoms with van der Waals surface area (Å²) in [5.41, 5.74) is 3.51. The lowest BCUT2D eigenvalue weighted by atomic mass is 9.54. The second kappa shape index (κ2) is 5.87. The number of rotatable bonds is 1. The molecule has 3 atom stereocenters. The number of fused-ring (bicyclic) bond motifs is 1. The molecule has 0 unspecified atom stereocenters. The van der Waals surface area contributed by atoms with E-state index in [1.807, 2.05) is 26.8 Å². The van der Waals surface area contributed by atoms with Gasteiger partial charge in [-0.05, 0) is 61.8 Å². The minimum absolute atomic E-state index is 0.0295. The normalized spacial score (nSPS) is 26.8. The molecule has 1 N–H and O–H groups in total. The zero-order valence-corrected chi connectivity index (χ0v) is 14.7. The van der Waals surface area contributed by atoms with Crippen molar-refractivity contribution < 1.29 is 0 Å². The van der Waals surface area contributed by atoms with Gasteiger partial charge in [0, 0.05) is 5.92 Å². The molecule has 0 bridgehead atoms. The van der Waals surface area contributed by atoms with Crippen LogP contribution in [0, 0.1) is 77.4 Å². The van der Waals surface area contributed by atoms with Crippen LogP contribution >= 0.6 is 0 Å². The monoisotopic (exact) mass is 328 g/mol. The van der Waals surface area contributed by atoms with Gasteiger partial charge in [-0.2, -0.15) is 15.8 Å². The molecule has 1 aromatic carbocycles. The van der Waals surface area contributed by atoms with Crippen molar-refractivity contribution in [3.63, 3.8) is 0 Å². The van der Waals surface area contributed by atoms with E-state index in [0.29, 0.717) is 0 Å². The molecule has 4 nitrogen and oxygen atoms in total. The highest BCUT2D eigenvalue weighted by molar-refractivity contribution is 6.01. The number of nitriles is 3. The summed E-state index contributed by atoms with van der Waals surface area (Å²) in [6, 6.07) is 10.6. The molecule has 0 aromatic heterocycles. The molecule has 0 aliphatic heterocycles. The fraction of sp³-hybridized carbons (Fsp3) is 0.429. The molecule has 0 amide bonds. The van der Waals surface area contributed by atoms with Crippen LogP contribution in [0.15, 0.2) is 23.8 Å².